The number of carbonyl (C=O) groups excluding carboxylic acids is 2. The van der Waals surface area contributed by atoms with Crippen molar-refractivity contribution in [2.75, 3.05) is 20.3 Å². The van der Waals surface area contributed by atoms with Crippen LogP contribution in [0.1, 0.15) is 40.0 Å². The van der Waals surface area contributed by atoms with Crippen molar-refractivity contribution >= 4 is 11.8 Å². The number of piperazine rings is 1. The van der Waals surface area contributed by atoms with Gasteiger partial charge in [0.25, 0.3) is 0 Å². The lowest BCUT2D eigenvalue weighted by atomic mass is 9.88. The maximum atomic E-state index is 12.9. The first kappa shape index (κ1) is 15.3. The summed E-state index contributed by atoms with van der Waals surface area (Å²) in [5.74, 6) is 0.602. The maximum absolute atomic E-state index is 12.9. The zero-order chi connectivity index (χ0) is 14.9. The van der Waals surface area contributed by atoms with Crippen LogP contribution in [0.25, 0.3) is 0 Å². The summed E-state index contributed by atoms with van der Waals surface area (Å²) in [6, 6.07) is -0.339. The van der Waals surface area contributed by atoms with Gasteiger partial charge in [0, 0.05) is 13.7 Å². The molecule has 2 rings (SSSR count). The van der Waals surface area contributed by atoms with Crippen molar-refractivity contribution in [3.63, 3.8) is 0 Å². The highest BCUT2D eigenvalue weighted by Crippen LogP contribution is 2.42. The Morgan fingerprint density at radius 3 is 2.60 bits per heavy atom. The first-order chi connectivity index (χ1) is 9.43. The van der Waals surface area contributed by atoms with E-state index in [2.05, 4.69) is 5.32 Å². The minimum atomic E-state index is -0.699. The lowest BCUT2D eigenvalue weighted by molar-refractivity contribution is -0.156. The molecule has 0 radical (unpaired) electrons. The Morgan fingerprint density at radius 1 is 1.45 bits per heavy atom. The Balaban J connectivity index is 2.18. The first-order valence-electron chi connectivity index (χ1n) is 7.56. The van der Waals surface area contributed by atoms with E-state index in [-0.39, 0.29) is 23.8 Å². The molecule has 3 atom stereocenters. The maximum Gasteiger partial charge on any atom is 0.249 e. The Morgan fingerprint density at radius 2 is 2.10 bits per heavy atom. The quantitative estimate of drug-likeness (QED) is 0.795. The van der Waals surface area contributed by atoms with E-state index in [1.165, 1.54) is 0 Å². The fourth-order valence-electron chi connectivity index (χ4n) is 3.20. The highest BCUT2D eigenvalue weighted by Gasteiger charge is 2.54. The third-order valence-electron chi connectivity index (χ3n) is 4.51. The SMILES string of the molecule is CCC1C(=O)NC(C)(C2CC2)C(=O)N1CC(C)COC. The second-order valence-electron chi connectivity index (χ2n) is 6.41. The lowest BCUT2D eigenvalue weighted by Crippen LogP contribution is -2.70. The fraction of sp³-hybridized carbons (Fsp3) is 0.867. The van der Waals surface area contributed by atoms with Gasteiger partial charge in [-0.05, 0) is 38.0 Å². The Bertz CT molecular complexity index is 395. The van der Waals surface area contributed by atoms with Crippen molar-refractivity contribution in [3.8, 4) is 0 Å². The molecule has 5 nitrogen and oxygen atoms in total. The zero-order valence-electron chi connectivity index (χ0n) is 12.9. The molecule has 1 N–H and O–H groups in total. The van der Waals surface area contributed by atoms with Crippen LogP contribution in [-0.4, -0.2) is 48.6 Å². The number of ether oxygens (including phenoxy) is 1. The molecule has 1 saturated carbocycles. The summed E-state index contributed by atoms with van der Waals surface area (Å²) >= 11 is 0. The van der Waals surface area contributed by atoms with Crippen LogP contribution in [0.2, 0.25) is 0 Å². The number of nitrogens with zero attached hydrogens (tertiary/aromatic N) is 1. The summed E-state index contributed by atoms with van der Waals surface area (Å²) in [6.45, 7) is 7.06. The van der Waals surface area contributed by atoms with Crippen LogP contribution in [0.3, 0.4) is 0 Å². The van der Waals surface area contributed by atoms with Gasteiger partial charge in [-0.15, -0.1) is 0 Å². The van der Waals surface area contributed by atoms with Gasteiger partial charge in [-0.25, -0.2) is 0 Å². The standard InChI is InChI=1S/C15H26N2O3/c1-5-12-13(18)16-15(3,11-6-7-11)14(19)17(12)8-10(2)9-20-4/h10-12H,5-9H2,1-4H3,(H,16,18). The van der Waals surface area contributed by atoms with Crippen LogP contribution < -0.4 is 5.32 Å². The Kier molecular flexibility index (Phi) is 4.37. The van der Waals surface area contributed by atoms with E-state index in [1.54, 1.807) is 12.0 Å². The number of carbonyl (C=O) groups is 2. The molecule has 0 spiro atoms. The minimum absolute atomic E-state index is 0.00823. The summed E-state index contributed by atoms with van der Waals surface area (Å²) in [7, 11) is 1.66. The molecule has 2 aliphatic rings. The van der Waals surface area contributed by atoms with Crippen molar-refractivity contribution in [2.45, 2.75) is 51.6 Å². The molecular weight excluding hydrogens is 256 g/mol. The van der Waals surface area contributed by atoms with Crippen LogP contribution in [0, 0.1) is 11.8 Å². The zero-order valence-corrected chi connectivity index (χ0v) is 12.9. The highest BCUT2D eigenvalue weighted by molar-refractivity contribution is 6.00. The molecule has 2 fully saturated rings. The van der Waals surface area contributed by atoms with Gasteiger partial charge in [-0.1, -0.05) is 13.8 Å². The molecule has 3 unspecified atom stereocenters. The summed E-state index contributed by atoms with van der Waals surface area (Å²) in [6.07, 6.45) is 2.71. The summed E-state index contributed by atoms with van der Waals surface area (Å²) in [4.78, 5) is 27.0. The molecule has 0 bridgehead atoms. The molecule has 5 heteroatoms. The van der Waals surface area contributed by atoms with Crippen LogP contribution in [0.15, 0.2) is 0 Å². The molecular formula is C15H26N2O3. The molecule has 1 heterocycles. The van der Waals surface area contributed by atoms with Gasteiger partial charge in [-0.2, -0.15) is 0 Å². The smallest absolute Gasteiger partial charge is 0.249 e. The predicted molar refractivity (Wildman–Crippen MR) is 76.1 cm³/mol. The third kappa shape index (κ3) is 2.68. The average Bonchev–Trinajstić information content (AvgIpc) is 3.20. The van der Waals surface area contributed by atoms with Gasteiger partial charge >= 0.3 is 0 Å². The van der Waals surface area contributed by atoms with E-state index in [9.17, 15) is 9.59 Å². The molecule has 114 valence electrons. The first-order valence-corrected chi connectivity index (χ1v) is 7.56. The van der Waals surface area contributed by atoms with E-state index in [1.807, 2.05) is 20.8 Å². The molecule has 1 saturated heterocycles. The van der Waals surface area contributed by atoms with Crippen molar-refractivity contribution in [1.82, 2.24) is 10.2 Å². The monoisotopic (exact) mass is 282 g/mol. The van der Waals surface area contributed by atoms with E-state index >= 15 is 0 Å². The number of hydrogen-bond donors (Lipinski definition) is 1. The Labute approximate surface area is 121 Å². The molecule has 1 aliphatic heterocycles. The van der Waals surface area contributed by atoms with E-state index in [0.717, 1.165) is 12.8 Å². The number of amides is 2. The van der Waals surface area contributed by atoms with Gasteiger partial charge < -0.3 is 15.0 Å². The van der Waals surface area contributed by atoms with Gasteiger partial charge in [0.1, 0.15) is 11.6 Å². The topological polar surface area (TPSA) is 58.6 Å². The second-order valence-corrected chi connectivity index (χ2v) is 6.41. The molecule has 20 heavy (non-hydrogen) atoms. The van der Waals surface area contributed by atoms with E-state index in [0.29, 0.717) is 25.5 Å². The fourth-order valence-corrected chi connectivity index (χ4v) is 3.20. The van der Waals surface area contributed by atoms with Gasteiger partial charge in [-0.3, -0.25) is 9.59 Å². The Hall–Kier alpha value is -1.10. The molecule has 1 aliphatic carbocycles. The number of hydrogen-bond acceptors (Lipinski definition) is 3. The molecule has 0 aromatic carbocycles. The highest BCUT2D eigenvalue weighted by atomic mass is 16.5. The van der Waals surface area contributed by atoms with Crippen molar-refractivity contribution in [1.29, 1.82) is 0 Å². The summed E-state index contributed by atoms with van der Waals surface area (Å²) in [5, 5.41) is 2.98. The largest absolute Gasteiger partial charge is 0.384 e. The van der Waals surface area contributed by atoms with Crippen molar-refractivity contribution in [2.24, 2.45) is 11.8 Å². The molecule has 2 amide bonds. The molecule has 0 aromatic heterocycles. The number of rotatable bonds is 6. The number of nitrogens with one attached hydrogen (secondary N) is 1. The van der Waals surface area contributed by atoms with Crippen molar-refractivity contribution < 1.29 is 14.3 Å². The predicted octanol–water partition coefficient (Wildman–Crippen LogP) is 1.17. The summed E-state index contributed by atoms with van der Waals surface area (Å²) in [5.41, 5.74) is -0.699. The average molecular weight is 282 g/mol. The van der Waals surface area contributed by atoms with Crippen LogP contribution in [0.4, 0.5) is 0 Å². The lowest BCUT2D eigenvalue weighted by Gasteiger charge is -2.45. The van der Waals surface area contributed by atoms with Gasteiger partial charge in [0.05, 0.1) is 6.61 Å². The van der Waals surface area contributed by atoms with E-state index in [4.69, 9.17) is 4.74 Å². The minimum Gasteiger partial charge on any atom is -0.384 e. The van der Waals surface area contributed by atoms with E-state index < -0.39 is 5.54 Å². The normalized spacial score (nSPS) is 32.2. The molecule has 0 aromatic rings. The van der Waals surface area contributed by atoms with Gasteiger partial charge in [0.2, 0.25) is 11.8 Å². The van der Waals surface area contributed by atoms with Crippen LogP contribution in [-0.2, 0) is 14.3 Å². The van der Waals surface area contributed by atoms with Crippen molar-refractivity contribution in [3.05, 3.63) is 0 Å². The third-order valence-corrected chi connectivity index (χ3v) is 4.51. The number of methoxy groups -OCH3 is 1. The van der Waals surface area contributed by atoms with Crippen LogP contribution in [0.5, 0.6) is 0 Å². The van der Waals surface area contributed by atoms with Crippen LogP contribution >= 0.6 is 0 Å². The van der Waals surface area contributed by atoms with Gasteiger partial charge in [0.15, 0.2) is 0 Å². The second kappa shape index (κ2) is 5.72. The summed E-state index contributed by atoms with van der Waals surface area (Å²) < 4.78 is 5.15.